The Kier molecular flexibility index (Phi) is 10.8. The van der Waals surface area contributed by atoms with Crippen LogP contribution in [0.2, 0.25) is 0 Å². The Morgan fingerprint density at radius 2 is 1.42 bits per heavy atom. The third-order valence-corrected chi connectivity index (χ3v) is 4.36. The molecule has 0 aromatic heterocycles. The van der Waals surface area contributed by atoms with E-state index >= 15 is 0 Å². The fourth-order valence-corrected chi connectivity index (χ4v) is 2.86. The zero-order valence-corrected chi connectivity index (χ0v) is 15.6. The lowest BCUT2D eigenvalue weighted by molar-refractivity contribution is 0.361. The van der Waals surface area contributed by atoms with Crippen LogP contribution in [-0.4, -0.2) is 19.3 Å². The molecule has 0 saturated carbocycles. The van der Waals surface area contributed by atoms with E-state index < -0.39 is 0 Å². The van der Waals surface area contributed by atoms with Gasteiger partial charge in [0.25, 0.3) is 0 Å². The third-order valence-electron chi connectivity index (χ3n) is 4.36. The first-order valence-corrected chi connectivity index (χ1v) is 9.32. The van der Waals surface area contributed by atoms with Gasteiger partial charge in [0.05, 0.1) is 14.2 Å². The number of unbranched alkanes of at least 4 members (excludes halogenated alkanes) is 8. The van der Waals surface area contributed by atoms with Gasteiger partial charge in [0.2, 0.25) is 0 Å². The topological polar surface area (TPSA) is 38.7 Å². The Bertz CT molecular complexity index is 480. The number of benzene rings is 1. The molecule has 0 aliphatic heterocycles. The molecular weight excluding hydrogens is 300 g/mol. The number of aromatic hydroxyl groups is 1. The molecule has 0 unspecified atom stereocenters. The van der Waals surface area contributed by atoms with Crippen LogP contribution in [0.15, 0.2) is 24.3 Å². The molecule has 0 aliphatic rings. The Labute approximate surface area is 147 Å². The number of phenols is 1. The molecular formula is C21H34O3. The van der Waals surface area contributed by atoms with Crippen molar-refractivity contribution < 1.29 is 14.6 Å². The molecule has 0 amide bonds. The monoisotopic (exact) mass is 334 g/mol. The summed E-state index contributed by atoms with van der Waals surface area (Å²) in [6.45, 7) is 2.26. The van der Waals surface area contributed by atoms with E-state index in [1.54, 1.807) is 20.3 Å². The molecule has 0 fully saturated rings. The van der Waals surface area contributed by atoms with Crippen molar-refractivity contribution in [3.8, 4) is 17.2 Å². The van der Waals surface area contributed by atoms with Crippen molar-refractivity contribution in [3.63, 3.8) is 0 Å². The van der Waals surface area contributed by atoms with Gasteiger partial charge in [-0.25, -0.2) is 0 Å². The van der Waals surface area contributed by atoms with Gasteiger partial charge in [0, 0.05) is 5.56 Å². The van der Waals surface area contributed by atoms with E-state index in [1.165, 1.54) is 51.4 Å². The summed E-state index contributed by atoms with van der Waals surface area (Å²) >= 11 is 0. The lowest BCUT2D eigenvalue weighted by atomic mass is 10.1. The Morgan fingerprint density at radius 1 is 0.833 bits per heavy atom. The molecule has 0 radical (unpaired) electrons. The van der Waals surface area contributed by atoms with Crippen molar-refractivity contribution in [2.75, 3.05) is 14.2 Å². The van der Waals surface area contributed by atoms with Gasteiger partial charge in [-0.15, -0.1) is 0 Å². The number of allylic oxidation sites excluding steroid dienone is 2. The molecule has 0 atom stereocenters. The summed E-state index contributed by atoms with van der Waals surface area (Å²) in [6.07, 6.45) is 16.8. The van der Waals surface area contributed by atoms with Gasteiger partial charge in [-0.1, -0.05) is 64.0 Å². The van der Waals surface area contributed by atoms with Crippen LogP contribution in [0.4, 0.5) is 0 Å². The van der Waals surface area contributed by atoms with Crippen molar-refractivity contribution in [1.82, 2.24) is 0 Å². The highest BCUT2D eigenvalue weighted by atomic mass is 16.5. The zero-order valence-electron chi connectivity index (χ0n) is 15.6. The van der Waals surface area contributed by atoms with E-state index in [0.29, 0.717) is 17.9 Å². The number of methoxy groups -OCH3 is 2. The molecule has 0 bridgehead atoms. The van der Waals surface area contributed by atoms with E-state index in [-0.39, 0.29) is 5.75 Å². The molecule has 0 aliphatic carbocycles. The molecule has 1 rings (SSSR count). The smallest absolute Gasteiger partial charge is 0.164 e. The maximum absolute atomic E-state index is 10.2. The van der Waals surface area contributed by atoms with Gasteiger partial charge < -0.3 is 14.6 Å². The van der Waals surface area contributed by atoms with Crippen molar-refractivity contribution >= 4 is 0 Å². The fourth-order valence-electron chi connectivity index (χ4n) is 2.86. The Morgan fingerprint density at radius 3 is 2.04 bits per heavy atom. The third kappa shape index (κ3) is 7.29. The van der Waals surface area contributed by atoms with Crippen LogP contribution in [0.25, 0.3) is 0 Å². The number of ether oxygens (including phenoxy) is 2. The van der Waals surface area contributed by atoms with Crippen LogP contribution in [-0.2, 0) is 6.42 Å². The van der Waals surface area contributed by atoms with E-state index in [2.05, 4.69) is 19.1 Å². The molecule has 24 heavy (non-hydrogen) atoms. The van der Waals surface area contributed by atoms with Crippen LogP contribution in [0, 0.1) is 0 Å². The van der Waals surface area contributed by atoms with E-state index in [1.807, 2.05) is 6.07 Å². The highest BCUT2D eigenvalue weighted by Gasteiger charge is 2.12. The SMILES string of the molecule is CCCCCCCCCC/C=C/Cc1c(OC)ccc(OC)c1O. The van der Waals surface area contributed by atoms with Crippen LogP contribution in [0.1, 0.15) is 70.3 Å². The van der Waals surface area contributed by atoms with Gasteiger partial charge in [-0.2, -0.15) is 0 Å². The van der Waals surface area contributed by atoms with Gasteiger partial charge in [-0.3, -0.25) is 0 Å². The van der Waals surface area contributed by atoms with Crippen LogP contribution in [0.3, 0.4) is 0 Å². The maximum Gasteiger partial charge on any atom is 0.164 e. The summed E-state index contributed by atoms with van der Waals surface area (Å²) in [6, 6.07) is 3.56. The molecule has 3 heteroatoms. The number of hydrogen-bond donors (Lipinski definition) is 1. The lowest BCUT2D eigenvalue weighted by Gasteiger charge is -2.11. The van der Waals surface area contributed by atoms with Crippen molar-refractivity contribution in [3.05, 3.63) is 29.8 Å². The quantitative estimate of drug-likeness (QED) is 0.353. The predicted octanol–water partition coefficient (Wildman–Crippen LogP) is 6.04. The Hall–Kier alpha value is -1.64. The number of phenolic OH excluding ortho intramolecular Hbond substituents is 1. The average molecular weight is 335 g/mol. The normalized spacial score (nSPS) is 11.1. The van der Waals surface area contributed by atoms with Crippen LogP contribution < -0.4 is 9.47 Å². The zero-order chi connectivity index (χ0) is 17.6. The average Bonchev–Trinajstić information content (AvgIpc) is 2.60. The first-order chi connectivity index (χ1) is 11.7. The molecule has 136 valence electrons. The predicted molar refractivity (Wildman–Crippen MR) is 101 cm³/mol. The molecule has 1 N–H and O–H groups in total. The molecule has 1 aromatic rings. The minimum Gasteiger partial charge on any atom is -0.504 e. The highest BCUT2D eigenvalue weighted by Crippen LogP contribution is 2.36. The van der Waals surface area contributed by atoms with Gasteiger partial charge in [0.1, 0.15) is 5.75 Å². The van der Waals surface area contributed by atoms with Gasteiger partial charge in [0.15, 0.2) is 11.5 Å². The standard InChI is InChI=1S/C21H34O3/c1-4-5-6-7-8-9-10-11-12-13-14-15-18-19(23-2)16-17-20(24-3)21(18)22/h13-14,16-17,22H,4-12,15H2,1-3H3/b14-13+. The largest absolute Gasteiger partial charge is 0.504 e. The van der Waals surface area contributed by atoms with Crippen LogP contribution in [0.5, 0.6) is 17.2 Å². The van der Waals surface area contributed by atoms with Crippen molar-refractivity contribution in [1.29, 1.82) is 0 Å². The first-order valence-electron chi connectivity index (χ1n) is 9.32. The lowest BCUT2D eigenvalue weighted by Crippen LogP contribution is -1.94. The highest BCUT2D eigenvalue weighted by molar-refractivity contribution is 5.53. The summed E-state index contributed by atoms with van der Waals surface area (Å²) in [7, 11) is 3.18. The van der Waals surface area contributed by atoms with Crippen molar-refractivity contribution in [2.24, 2.45) is 0 Å². The number of rotatable bonds is 13. The second-order valence-electron chi connectivity index (χ2n) is 6.24. The summed E-state index contributed by atoms with van der Waals surface area (Å²) in [5.41, 5.74) is 0.782. The maximum atomic E-state index is 10.2. The molecule has 0 saturated heterocycles. The van der Waals surface area contributed by atoms with Gasteiger partial charge >= 0.3 is 0 Å². The van der Waals surface area contributed by atoms with E-state index in [4.69, 9.17) is 9.47 Å². The van der Waals surface area contributed by atoms with E-state index in [9.17, 15) is 5.11 Å². The summed E-state index contributed by atoms with van der Waals surface area (Å²) in [4.78, 5) is 0. The second-order valence-corrected chi connectivity index (χ2v) is 6.24. The minimum absolute atomic E-state index is 0.175. The molecule has 1 aromatic carbocycles. The Balaban J connectivity index is 2.27. The second kappa shape index (κ2) is 12.7. The summed E-state index contributed by atoms with van der Waals surface area (Å²) in [5, 5.41) is 10.2. The molecule has 0 heterocycles. The fraction of sp³-hybridized carbons (Fsp3) is 0.619. The number of hydrogen-bond acceptors (Lipinski definition) is 3. The van der Waals surface area contributed by atoms with Gasteiger partial charge in [-0.05, 0) is 31.4 Å². The molecule has 0 spiro atoms. The molecule has 3 nitrogen and oxygen atoms in total. The summed E-state index contributed by atoms with van der Waals surface area (Å²) in [5.74, 6) is 1.36. The first kappa shape index (κ1) is 20.4. The minimum atomic E-state index is 0.175. The van der Waals surface area contributed by atoms with Crippen molar-refractivity contribution in [2.45, 2.75) is 71.1 Å². The summed E-state index contributed by atoms with van der Waals surface area (Å²) < 4.78 is 10.5. The van der Waals surface area contributed by atoms with E-state index in [0.717, 1.165) is 12.0 Å². The van der Waals surface area contributed by atoms with Crippen LogP contribution >= 0.6 is 0 Å².